The van der Waals surface area contributed by atoms with E-state index in [0.717, 1.165) is 23.1 Å². The molecular formula is C17H22N2O5S. The fourth-order valence-electron chi connectivity index (χ4n) is 2.62. The van der Waals surface area contributed by atoms with E-state index in [2.05, 4.69) is 10.5 Å². The van der Waals surface area contributed by atoms with E-state index in [1.54, 1.807) is 12.1 Å². The summed E-state index contributed by atoms with van der Waals surface area (Å²) in [6, 6.07) is 3.30. The van der Waals surface area contributed by atoms with E-state index in [1.165, 1.54) is 14.2 Å². The Balaban J connectivity index is 2.53. The van der Waals surface area contributed by atoms with Crippen LogP contribution in [0.4, 0.5) is 0 Å². The predicted molar refractivity (Wildman–Crippen MR) is 95.7 cm³/mol. The Labute approximate surface area is 147 Å². The van der Waals surface area contributed by atoms with Crippen molar-refractivity contribution in [3.05, 3.63) is 23.8 Å². The van der Waals surface area contributed by atoms with Gasteiger partial charge in [0.1, 0.15) is 11.5 Å². The van der Waals surface area contributed by atoms with Gasteiger partial charge in [0.05, 0.1) is 19.9 Å². The molecule has 8 heteroatoms. The summed E-state index contributed by atoms with van der Waals surface area (Å²) in [5.41, 5.74) is 4.81. The van der Waals surface area contributed by atoms with Crippen molar-refractivity contribution in [3.63, 3.8) is 0 Å². The van der Waals surface area contributed by atoms with Crippen LogP contribution >= 0.6 is 0 Å². The molecule has 1 heterocycles. The van der Waals surface area contributed by atoms with Crippen molar-refractivity contribution in [1.82, 2.24) is 5.43 Å². The number of hydrazone groups is 1. The van der Waals surface area contributed by atoms with Gasteiger partial charge in [0.15, 0.2) is 14.7 Å². The molecule has 7 nitrogen and oxygen atoms in total. The number of benzene rings is 1. The van der Waals surface area contributed by atoms with E-state index in [4.69, 9.17) is 9.47 Å². The topological polar surface area (TPSA) is 94.1 Å². The smallest absolute Gasteiger partial charge is 0.240 e. The van der Waals surface area contributed by atoms with Crippen LogP contribution in [0.5, 0.6) is 11.5 Å². The van der Waals surface area contributed by atoms with Crippen molar-refractivity contribution in [2.45, 2.75) is 25.2 Å². The van der Waals surface area contributed by atoms with E-state index >= 15 is 0 Å². The van der Waals surface area contributed by atoms with E-state index < -0.39 is 9.84 Å². The summed E-state index contributed by atoms with van der Waals surface area (Å²) in [5.74, 6) is 0.332. The Kier molecular flexibility index (Phi) is 5.52. The second kappa shape index (κ2) is 7.26. The van der Waals surface area contributed by atoms with Crippen LogP contribution in [0.25, 0.3) is 5.57 Å². The van der Waals surface area contributed by atoms with Gasteiger partial charge in [-0.3, -0.25) is 4.79 Å². The number of methoxy groups -OCH3 is 2. The van der Waals surface area contributed by atoms with Crippen LogP contribution in [0.3, 0.4) is 0 Å². The molecule has 0 saturated heterocycles. The molecule has 1 unspecified atom stereocenters. The molecule has 25 heavy (non-hydrogen) atoms. The summed E-state index contributed by atoms with van der Waals surface area (Å²) in [6.45, 7) is 3.80. The minimum atomic E-state index is -3.51. The van der Waals surface area contributed by atoms with E-state index in [0.29, 0.717) is 6.42 Å². The molecule has 0 aliphatic carbocycles. The first kappa shape index (κ1) is 19.0. The number of hydrogen-bond acceptors (Lipinski definition) is 6. The number of carbonyl (C=O) groups is 1. The maximum Gasteiger partial charge on any atom is 0.240 e. The van der Waals surface area contributed by atoms with Crippen molar-refractivity contribution in [2.75, 3.05) is 20.5 Å². The molecule has 1 aromatic carbocycles. The van der Waals surface area contributed by atoms with Crippen molar-refractivity contribution >= 4 is 27.0 Å². The molecule has 0 radical (unpaired) electrons. The molecule has 1 N–H and O–H groups in total. The van der Waals surface area contributed by atoms with E-state index in [-0.39, 0.29) is 28.2 Å². The number of allylic oxidation sites excluding steroid dienone is 2. The second-order valence-corrected chi connectivity index (χ2v) is 7.94. The molecule has 136 valence electrons. The van der Waals surface area contributed by atoms with E-state index in [1.807, 2.05) is 19.9 Å². The van der Waals surface area contributed by atoms with Gasteiger partial charge in [0.2, 0.25) is 5.91 Å². The second-order valence-electron chi connectivity index (χ2n) is 5.99. The zero-order valence-corrected chi connectivity index (χ0v) is 15.7. The number of sulfone groups is 1. The van der Waals surface area contributed by atoms with Crippen LogP contribution in [0.1, 0.15) is 25.8 Å². The molecule has 0 fully saturated rings. The fourth-order valence-corrected chi connectivity index (χ4v) is 3.63. The number of hydrogen-bond donors (Lipinski definition) is 1. The van der Waals surface area contributed by atoms with Gasteiger partial charge in [-0.15, -0.1) is 0 Å². The summed E-state index contributed by atoms with van der Waals surface area (Å²) in [7, 11) is -0.690. The lowest BCUT2D eigenvalue weighted by Crippen LogP contribution is -2.30. The molecule has 1 atom stereocenters. The first-order valence-corrected chi connectivity index (χ1v) is 9.57. The zero-order chi connectivity index (χ0) is 18.8. The third kappa shape index (κ3) is 4.19. The van der Waals surface area contributed by atoms with Gasteiger partial charge < -0.3 is 9.47 Å². The third-order valence-electron chi connectivity index (χ3n) is 3.96. The standard InChI is InChI=1S/C17H22N2O5S/c1-10(6-13-11(2)7-16(20)19-18-13)12-8-14(23-3)17(25(5,21)22)15(9-12)24-4/h6,8-9,11H,7H2,1-5H3,(H,19,20). The highest BCUT2D eigenvalue weighted by molar-refractivity contribution is 7.91. The summed E-state index contributed by atoms with van der Waals surface area (Å²) in [5, 5.41) is 4.08. The number of amides is 1. The maximum absolute atomic E-state index is 12.0. The Morgan fingerprint density at radius 3 is 2.28 bits per heavy atom. The molecule has 1 aliphatic heterocycles. The summed E-state index contributed by atoms with van der Waals surface area (Å²) in [6.07, 6.45) is 3.34. The number of nitrogens with one attached hydrogen (secondary N) is 1. The highest BCUT2D eigenvalue weighted by atomic mass is 32.2. The van der Waals surface area contributed by atoms with Gasteiger partial charge in [0, 0.05) is 18.6 Å². The van der Waals surface area contributed by atoms with E-state index in [9.17, 15) is 13.2 Å². The van der Waals surface area contributed by atoms with Crippen LogP contribution < -0.4 is 14.9 Å². The monoisotopic (exact) mass is 366 g/mol. The third-order valence-corrected chi connectivity index (χ3v) is 5.10. The average Bonchev–Trinajstić information content (AvgIpc) is 2.55. The summed E-state index contributed by atoms with van der Waals surface area (Å²) >= 11 is 0. The normalized spacial score (nSPS) is 18.4. The molecule has 1 aliphatic rings. The lowest BCUT2D eigenvalue weighted by molar-refractivity contribution is -0.121. The largest absolute Gasteiger partial charge is 0.495 e. The average molecular weight is 366 g/mol. The maximum atomic E-state index is 12.0. The van der Waals surface area contributed by atoms with Crippen molar-refractivity contribution in [3.8, 4) is 11.5 Å². The van der Waals surface area contributed by atoms with Gasteiger partial charge in [-0.05, 0) is 36.3 Å². The Hall–Kier alpha value is -2.35. The van der Waals surface area contributed by atoms with Gasteiger partial charge in [-0.1, -0.05) is 6.92 Å². The highest BCUT2D eigenvalue weighted by Crippen LogP contribution is 2.36. The van der Waals surface area contributed by atoms with Crippen molar-refractivity contribution < 1.29 is 22.7 Å². The molecule has 0 spiro atoms. The summed E-state index contributed by atoms with van der Waals surface area (Å²) in [4.78, 5) is 11.4. The highest BCUT2D eigenvalue weighted by Gasteiger charge is 2.23. The van der Waals surface area contributed by atoms with Crippen LogP contribution in [-0.2, 0) is 14.6 Å². The lowest BCUT2D eigenvalue weighted by Gasteiger charge is -2.18. The van der Waals surface area contributed by atoms with Crippen LogP contribution in [0.15, 0.2) is 28.2 Å². The molecular weight excluding hydrogens is 344 g/mol. The molecule has 1 amide bonds. The minimum absolute atomic E-state index is 0.00258. The predicted octanol–water partition coefficient (Wildman–Crippen LogP) is 2.02. The fraction of sp³-hybridized carbons (Fsp3) is 0.412. The quantitative estimate of drug-likeness (QED) is 0.860. The molecule has 2 rings (SSSR count). The zero-order valence-electron chi connectivity index (χ0n) is 14.9. The van der Waals surface area contributed by atoms with Gasteiger partial charge >= 0.3 is 0 Å². The Morgan fingerprint density at radius 2 is 1.84 bits per heavy atom. The first-order valence-electron chi connectivity index (χ1n) is 7.68. The first-order chi connectivity index (χ1) is 11.7. The van der Waals surface area contributed by atoms with Crippen LogP contribution in [-0.4, -0.2) is 40.5 Å². The lowest BCUT2D eigenvalue weighted by atomic mass is 9.96. The van der Waals surface area contributed by atoms with Crippen LogP contribution in [0.2, 0.25) is 0 Å². The van der Waals surface area contributed by atoms with Crippen molar-refractivity contribution in [2.24, 2.45) is 11.0 Å². The van der Waals surface area contributed by atoms with Gasteiger partial charge in [-0.2, -0.15) is 5.10 Å². The Bertz CT molecular complexity index is 831. The SMILES string of the molecule is COc1cc(C(C)=CC2=NNC(=O)CC2C)cc(OC)c1S(C)(=O)=O. The number of ether oxygens (including phenoxy) is 2. The summed E-state index contributed by atoms with van der Waals surface area (Å²) < 4.78 is 34.6. The van der Waals surface area contributed by atoms with Crippen LogP contribution in [0, 0.1) is 5.92 Å². The van der Waals surface area contributed by atoms with Crippen molar-refractivity contribution in [1.29, 1.82) is 0 Å². The molecule has 1 aromatic rings. The Morgan fingerprint density at radius 1 is 1.28 bits per heavy atom. The molecule has 0 aromatic heterocycles. The molecule has 0 saturated carbocycles. The number of rotatable bonds is 5. The number of nitrogens with zero attached hydrogens (tertiary/aromatic N) is 1. The molecule has 0 bridgehead atoms. The number of carbonyl (C=O) groups excluding carboxylic acids is 1. The van der Waals surface area contributed by atoms with Gasteiger partial charge in [0.25, 0.3) is 0 Å². The van der Waals surface area contributed by atoms with Gasteiger partial charge in [-0.25, -0.2) is 13.8 Å². The minimum Gasteiger partial charge on any atom is -0.495 e.